The minimum atomic E-state index is 0.938. The molecule has 0 unspecified atom stereocenters. The Labute approximate surface area is 99.9 Å². The Balaban J connectivity index is 2.54. The van der Waals surface area contributed by atoms with Crippen molar-refractivity contribution in [3.05, 3.63) is 33.6 Å². The molecule has 0 saturated heterocycles. The van der Waals surface area contributed by atoms with E-state index >= 15 is 0 Å². The van der Waals surface area contributed by atoms with Crippen molar-refractivity contribution in [3.63, 3.8) is 0 Å². The quantitative estimate of drug-likeness (QED) is 0.788. The van der Waals surface area contributed by atoms with Crippen molar-refractivity contribution in [1.82, 2.24) is 4.98 Å². The van der Waals surface area contributed by atoms with Crippen LogP contribution in [-0.2, 0) is 0 Å². The number of benzene rings is 1. The lowest BCUT2D eigenvalue weighted by Crippen LogP contribution is -1.91. The first kappa shape index (κ1) is 11.1. The molecule has 0 N–H and O–H groups in total. The van der Waals surface area contributed by atoms with Crippen LogP contribution >= 0.6 is 11.3 Å². The smallest absolute Gasteiger partial charge is 0.122 e. The predicted octanol–water partition coefficient (Wildman–Crippen LogP) is 3.74. The van der Waals surface area contributed by atoms with Gasteiger partial charge in [0.1, 0.15) is 5.75 Å². The molecule has 0 aliphatic heterocycles. The van der Waals surface area contributed by atoms with Gasteiger partial charge in [-0.2, -0.15) is 0 Å². The summed E-state index contributed by atoms with van der Waals surface area (Å²) in [5.74, 6) is 0.938. The van der Waals surface area contributed by atoms with Crippen molar-refractivity contribution < 1.29 is 4.74 Å². The van der Waals surface area contributed by atoms with E-state index in [4.69, 9.17) is 4.74 Å². The number of hydrogen-bond donors (Lipinski definition) is 0. The van der Waals surface area contributed by atoms with Crippen LogP contribution in [0.3, 0.4) is 0 Å². The van der Waals surface area contributed by atoms with Gasteiger partial charge in [-0.3, -0.25) is 0 Å². The minimum absolute atomic E-state index is 0.938. The number of rotatable bonds is 2. The third-order valence-electron chi connectivity index (χ3n) is 2.64. The van der Waals surface area contributed by atoms with E-state index in [1.165, 1.54) is 11.1 Å². The maximum atomic E-state index is 5.30. The third kappa shape index (κ3) is 1.95. The van der Waals surface area contributed by atoms with Crippen molar-refractivity contribution in [2.75, 3.05) is 7.11 Å². The van der Waals surface area contributed by atoms with Crippen LogP contribution in [0, 0.1) is 20.8 Å². The summed E-state index contributed by atoms with van der Waals surface area (Å²) in [7, 11) is 1.70. The summed E-state index contributed by atoms with van der Waals surface area (Å²) < 4.78 is 5.30. The molecule has 0 radical (unpaired) electrons. The lowest BCUT2D eigenvalue weighted by molar-refractivity contribution is 0.411. The van der Waals surface area contributed by atoms with Gasteiger partial charge in [0.05, 0.1) is 17.8 Å². The van der Waals surface area contributed by atoms with Gasteiger partial charge in [0.25, 0.3) is 0 Å². The fraction of sp³-hybridized carbons (Fsp3) is 0.308. The van der Waals surface area contributed by atoms with E-state index in [2.05, 4.69) is 36.3 Å². The second-order valence-corrected chi connectivity index (χ2v) is 4.95. The first-order chi connectivity index (χ1) is 7.61. The van der Waals surface area contributed by atoms with Gasteiger partial charge in [-0.1, -0.05) is 0 Å². The molecule has 0 aliphatic rings. The highest BCUT2D eigenvalue weighted by Crippen LogP contribution is 2.30. The first-order valence-corrected chi connectivity index (χ1v) is 6.07. The van der Waals surface area contributed by atoms with Crippen LogP contribution in [0.4, 0.5) is 0 Å². The summed E-state index contributed by atoms with van der Waals surface area (Å²) in [4.78, 5) is 4.52. The molecule has 0 fully saturated rings. The van der Waals surface area contributed by atoms with Crippen LogP contribution in [0.1, 0.15) is 16.1 Å². The van der Waals surface area contributed by atoms with Gasteiger partial charge in [-0.05, 0) is 44.0 Å². The number of hydrogen-bond acceptors (Lipinski definition) is 3. The fourth-order valence-electron chi connectivity index (χ4n) is 1.77. The average Bonchev–Trinajstić information content (AvgIpc) is 2.67. The Morgan fingerprint density at radius 2 is 1.88 bits per heavy atom. The lowest BCUT2D eigenvalue weighted by Gasteiger charge is -2.09. The number of aromatic nitrogens is 1. The van der Waals surface area contributed by atoms with Gasteiger partial charge < -0.3 is 4.74 Å². The number of aryl methyl sites for hydroxylation is 3. The third-order valence-corrected chi connectivity index (χ3v) is 3.41. The number of ether oxygens (including phenoxy) is 1. The van der Waals surface area contributed by atoms with Crippen molar-refractivity contribution in [1.29, 1.82) is 0 Å². The monoisotopic (exact) mass is 233 g/mol. The molecule has 3 heteroatoms. The average molecular weight is 233 g/mol. The molecule has 0 atom stereocenters. The van der Waals surface area contributed by atoms with Gasteiger partial charge in [-0.15, -0.1) is 11.3 Å². The highest BCUT2D eigenvalue weighted by Gasteiger charge is 2.09. The molecular weight excluding hydrogens is 218 g/mol. The Bertz CT molecular complexity index is 517. The van der Waals surface area contributed by atoms with E-state index in [1.807, 2.05) is 6.92 Å². The summed E-state index contributed by atoms with van der Waals surface area (Å²) in [5, 5.41) is 3.20. The second kappa shape index (κ2) is 4.26. The van der Waals surface area contributed by atoms with E-state index in [9.17, 15) is 0 Å². The van der Waals surface area contributed by atoms with Crippen LogP contribution in [-0.4, -0.2) is 12.1 Å². The van der Waals surface area contributed by atoms with E-state index < -0.39 is 0 Å². The number of nitrogens with zero attached hydrogens (tertiary/aromatic N) is 1. The molecule has 84 valence electrons. The molecule has 0 saturated carbocycles. The van der Waals surface area contributed by atoms with Crippen molar-refractivity contribution >= 4 is 11.3 Å². The summed E-state index contributed by atoms with van der Waals surface area (Å²) in [6.45, 7) is 6.17. The summed E-state index contributed by atoms with van der Waals surface area (Å²) in [6, 6.07) is 4.21. The first-order valence-electron chi connectivity index (χ1n) is 5.19. The molecule has 0 aliphatic carbocycles. The Morgan fingerprint density at radius 3 is 2.44 bits per heavy atom. The lowest BCUT2D eigenvalue weighted by atomic mass is 10.0. The van der Waals surface area contributed by atoms with Gasteiger partial charge in [0.15, 0.2) is 0 Å². The SMILES string of the molecule is COc1cc(C)c(-c2csc(C)n2)cc1C. The molecule has 1 aromatic heterocycles. The predicted molar refractivity (Wildman–Crippen MR) is 68.3 cm³/mol. The van der Waals surface area contributed by atoms with Crippen LogP contribution in [0.25, 0.3) is 11.3 Å². The largest absolute Gasteiger partial charge is 0.496 e. The molecule has 2 rings (SSSR count). The number of thiazole rings is 1. The normalized spacial score (nSPS) is 10.5. The maximum absolute atomic E-state index is 5.30. The minimum Gasteiger partial charge on any atom is -0.496 e. The fourth-order valence-corrected chi connectivity index (χ4v) is 2.39. The standard InChI is InChI=1S/C13H15NOS/c1-8-6-13(15-4)9(2)5-11(8)12-7-16-10(3)14-12/h5-7H,1-4H3. The molecule has 1 heterocycles. The Kier molecular flexibility index (Phi) is 2.97. The zero-order valence-corrected chi connectivity index (χ0v) is 10.8. The van der Waals surface area contributed by atoms with Crippen LogP contribution in [0.5, 0.6) is 5.75 Å². The molecule has 0 bridgehead atoms. The molecule has 1 aromatic carbocycles. The van der Waals surface area contributed by atoms with E-state index in [-0.39, 0.29) is 0 Å². The van der Waals surface area contributed by atoms with E-state index in [0.717, 1.165) is 22.0 Å². The highest BCUT2D eigenvalue weighted by molar-refractivity contribution is 7.09. The summed E-state index contributed by atoms with van der Waals surface area (Å²) in [5.41, 5.74) is 4.61. The van der Waals surface area contributed by atoms with Gasteiger partial charge in [-0.25, -0.2) is 4.98 Å². The molecule has 16 heavy (non-hydrogen) atoms. The van der Waals surface area contributed by atoms with Gasteiger partial charge in [0.2, 0.25) is 0 Å². The van der Waals surface area contributed by atoms with Crippen LogP contribution in [0.2, 0.25) is 0 Å². The molecule has 0 amide bonds. The number of methoxy groups -OCH3 is 1. The van der Waals surface area contributed by atoms with Crippen molar-refractivity contribution in [2.45, 2.75) is 20.8 Å². The summed E-state index contributed by atoms with van der Waals surface area (Å²) in [6.07, 6.45) is 0. The van der Waals surface area contributed by atoms with Crippen LogP contribution in [0.15, 0.2) is 17.5 Å². The highest BCUT2D eigenvalue weighted by atomic mass is 32.1. The molecule has 2 nitrogen and oxygen atoms in total. The zero-order valence-electron chi connectivity index (χ0n) is 10.00. The van der Waals surface area contributed by atoms with E-state index in [0.29, 0.717) is 0 Å². The molecular formula is C13H15NOS. The molecule has 2 aromatic rings. The van der Waals surface area contributed by atoms with E-state index in [1.54, 1.807) is 18.4 Å². The van der Waals surface area contributed by atoms with Crippen LogP contribution < -0.4 is 4.74 Å². The topological polar surface area (TPSA) is 22.1 Å². The van der Waals surface area contributed by atoms with Gasteiger partial charge in [0, 0.05) is 10.9 Å². The van der Waals surface area contributed by atoms with Crippen molar-refractivity contribution in [2.24, 2.45) is 0 Å². The molecule has 0 spiro atoms. The maximum Gasteiger partial charge on any atom is 0.122 e. The Hall–Kier alpha value is -1.35. The summed E-state index contributed by atoms with van der Waals surface area (Å²) >= 11 is 1.68. The van der Waals surface area contributed by atoms with Gasteiger partial charge >= 0.3 is 0 Å². The zero-order chi connectivity index (χ0) is 11.7. The van der Waals surface area contributed by atoms with Crippen molar-refractivity contribution in [3.8, 4) is 17.0 Å². The second-order valence-electron chi connectivity index (χ2n) is 3.89. The Morgan fingerprint density at radius 1 is 1.12 bits per heavy atom.